The summed E-state index contributed by atoms with van der Waals surface area (Å²) < 4.78 is 0.918. The van der Waals surface area contributed by atoms with Crippen LogP contribution >= 0.6 is 27.5 Å². The lowest BCUT2D eigenvalue weighted by Gasteiger charge is -2.19. The fourth-order valence-corrected chi connectivity index (χ4v) is 2.07. The first-order chi connectivity index (χ1) is 7.06. The molecule has 0 saturated carbocycles. The normalized spacial score (nSPS) is 15.0. The zero-order valence-corrected chi connectivity index (χ0v) is 10.9. The zero-order valence-electron chi connectivity index (χ0n) is 8.58. The Labute approximate surface area is 104 Å². The van der Waals surface area contributed by atoms with Crippen LogP contribution in [0.3, 0.4) is 0 Å². The third kappa shape index (κ3) is 3.45. The molecule has 0 bridgehead atoms. The van der Waals surface area contributed by atoms with Gasteiger partial charge in [-0.05, 0) is 30.2 Å². The highest BCUT2D eigenvalue weighted by atomic mass is 79.9. The van der Waals surface area contributed by atoms with Crippen molar-refractivity contribution in [2.24, 2.45) is 5.73 Å². The highest BCUT2D eigenvalue weighted by Crippen LogP contribution is 2.28. The average molecular weight is 293 g/mol. The maximum atomic E-state index is 9.79. The molecule has 0 amide bonds. The summed E-state index contributed by atoms with van der Waals surface area (Å²) in [5.41, 5.74) is 6.72. The first kappa shape index (κ1) is 13.0. The van der Waals surface area contributed by atoms with Gasteiger partial charge in [0.1, 0.15) is 0 Å². The molecule has 3 N–H and O–H groups in total. The summed E-state index contributed by atoms with van der Waals surface area (Å²) >= 11 is 9.38. The molecule has 0 heterocycles. The first-order valence-corrected chi connectivity index (χ1v) is 6.12. The van der Waals surface area contributed by atoms with Crippen LogP contribution in [0, 0.1) is 0 Å². The van der Waals surface area contributed by atoms with Crippen molar-refractivity contribution in [3.63, 3.8) is 0 Å². The van der Waals surface area contributed by atoms with Crippen molar-refractivity contribution in [2.75, 3.05) is 0 Å². The molecule has 0 aliphatic carbocycles. The smallest absolute Gasteiger partial charge is 0.0733 e. The summed E-state index contributed by atoms with van der Waals surface area (Å²) in [6.07, 6.45) is 1.05. The van der Waals surface area contributed by atoms with Gasteiger partial charge in [-0.1, -0.05) is 40.9 Å². The van der Waals surface area contributed by atoms with E-state index in [2.05, 4.69) is 15.9 Å². The maximum absolute atomic E-state index is 9.79. The molecule has 0 aliphatic rings. The molecule has 2 nitrogen and oxygen atoms in total. The van der Waals surface area contributed by atoms with Crippen LogP contribution in [0.1, 0.15) is 31.4 Å². The molecule has 2 atom stereocenters. The first-order valence-electron chi connectivity index (χ1n) is 4.94. The van der Waals surface area contributed by atoms with Crippen molar-refractivity contribution >= 4 is 27.5 Å². The van der Waals surface area contributed by atoms with Gasteiger partial charge < -0.3 is 10.8 Å². The highest BCUT2D eigenvalue weighted by Gasteiger charge is 2.18. The van der Waals surface area contributed by atoms with Crippen LogP contribution in [0.25, 0.3) is 0 Å². The number of benzene rings is 1. The summed E-state index contributed by atoms with van der Waals surface area (Å²) in [6, 6.07) is 5.06. The van der Waals surface area contributed by atoms with Crippen LogP contribution in [0.4, 0.5) is 0 Å². The van der Waals surface area contributed by atoms with Gasteiger partial charge in [-0.15, -0.1) is 0 Å². The molecule has 1 aromatic rings. The Morgan fingerprint density at radius 3 is 2.80 bits per heavy atom. The number of halogens is 2. The Balaban J connectivity index is 2.89. The molecule has 0 spiro atoms. The molecule has 1 rings (SSSR count). The van der Waals surface area contributed by atoms with Gasteiger partial charge in [0.2, 0.25) is 0 Å². The minimum absolute atomic E-state index is 0.421. The van der Waals surface area contributed by atoms with Crippen molar-refractivity contribution in [1.82, 2.24) is 0 Å². The lowest BCUT2D eigenvalue weighted by molar-refractivity contribution is 0.134. The van der Waals surface area contributed by atoms with Gasteiger partial charge in [0, 0.05) is 9.50 Å². The largest absolute Gasteiger partial charge is 0.391 e. The van der Waals surface area contributed by atoms with Crippen LogP contribution in [0.5, 0.6) is 0 Å². The number of aliphatic hydroxyl groups excluding tert-OH is 1. The number of nitrogens with two attached hydrogens (primary N) is 1. The second-order valence-electron chi connectivity index (χ2n) is 3.55. The monoisotopic (exact) mass is 291 g/mol. The van der Waals surface area contributed by atoms with Crippen molar-refractivity contribution in [1.29, 1.82) is 0 Å². The van der Waals surface area contributed by atoms with Gasteiger partial charge in [-0.3, -0.25) is 0 Å². The second kappa shape index (κ2) is 5.85. The van der Waals surface area contributed by atoms with E-state index >= 15 is 0 Å². The lowest BCUT2D eigenvalue weighted by Crippen LogP contribution is -2.26. The van der Waals surface area contributed by atoms with Crippen molar-refractivity contribution in [3.8, 4) is 0 Å². The zero-order chi connectivity index (χ0) is 11.4. The number of rotatable bonds is 4. The quantitative estimate of drug-likeness (QED) is 0.895. The molecule has 1 aromatic carbocycles. The van der Waals surface area contributed by atoms with Crippen LogP contribution in [-0.2, 0) is 0 Å². The van der Waals surface area contributed by atoms with E-state index in [1.807, 2.05) is 19.1 Å². The third-order valence-corrected chi connectivity index (χ3v) is 3.15. The Kier molecular flexibility index (Phi) is 5.06. The molecule has 0 fully saturated rings. The summed E-state index contributed by atoms with van der Waals surface area (Å²) in [4.78, 5) is 0. The Morgan fingerprint density at radius 1 is 1.53 bits per heavy atom. The van der Waals surface area contributed by atoms with Gasteiger partial charge in [-0.25, -0.2) is 0 Å². The van der Waals surface area contributed by atoms with Gasteiger partial charge in [0.25, 0.3) is 0 Å². The van der Waals surface area contributed by atoms with Gasteiger partial charge >= 0.3 is 0 Å². The Hall–Kier alpha value is -0.0900. The fraction of sp³-hybridized carbons (Fsp3) is 0.455. The summed E-state index contributed by atoms with van der Waals surface area (Å²) in [7, 11) is 0. The van der Waals surface area contributed by atoms with Gasteiger partial charge in [0.15, 0.2) is 0 Å². The Bertz CT molecular complexity index is 332. The van der Waals surface area contributed by atoms with E-state index in [4.69, 9.17) is 17.3 Å². The Morgan fingerprint density at radius 2 is 2.20 bits per heavy atom. The predicted octanol–water partition coefficient (Wildman–Crippen LogP) is 3.26. The standard InChI is InChI=1S/C11H15BrClNO/c1-2-3-10(15)11(14)8-6-7(12)4-5-9(8)13/h4-6,10-11,15H,2-3,14H2,1H3/t10-,11+/m1/s1. The minimum atomic E-state index is -0.540. The van der Waals surface area contributed by atoms with Crippen LogP contribution in [-0.4, -0.2) is 11.2 Å². The molecule has 0 saturated heterocycles. The summed E-state index contributed by atoms with van der Waals surface area (Å²) in [6.45, 7) is 2.01. The van der Waals surface area contributed by atoms with Gasteiger partial charge in [-0.2, -0.15) is 0 Å². The average Bonchev–Trinajstić information content (AvgIpc) is 2.21. The third-order valence-electron chi connectivity index (χ3n) is 2.32. The molecule has 15 heavy (non-hydrogen) atoms. The minimum Gasteiger partial charge on any atom is -0.391 e. The maximum Gasteiger partial charge on any atom is 0.0733 e. The topological polar surface area (TPSA) is 46.2 Å². The molecule has 0 aromatic heterocycles. The molecular formula is C11H15BrClNO. The highest BCUT2D eigenvalue weighted by molar-refractivity contribution is 9.10. The van der Waals surface area contributed by atoms with Crippen LogP contribution < -0.4 is 5.73 Å². The number of aliphatic hydroxyl groups is 1. The van der Waals surface area contributed by atoms with Crippen molar-refractivity contribution in [2.45, 2.75) is 31.9 Å². The molecule has 0 unspecified atom stereocenters. The van der Waals surface area contributed by atoms with E-state index in [0.717, 1.165) is 16.5 Å². The second-order valence-corrected chi connectivity index (χ2v) is 4.87. The molecule has 4 heteroatoms. The lowest BCUT2D eigenvalue weighted by atomic mass is 9.99. The van der Waals surface area contributed by atoms with Gasteiger partial charge in [0.05, 0.1) is 12.1 Å². The van der Waals surface area contributed by atoms with Crippen LogP contribution in [0.15, 0.2) is 22.7 Å². The van der Waals surface area contributed by atoms with Crippen molar-refractivity contribution in [3.05, 3.63) is 33.3 Å². The van der Waals surface area contributed by atoms with Crippen LogP contribution in [0.2, 0.25) is 5.02 Å². The van der Waals surface area contributed by atoms with E-state index in [9.17, 15) is 5.11 Å². The van der Waals surface area contributed by atoms with E-state index in [1.165, 1.54) is 0 Å². The molecule has 0 radical (unpaired) electrons. The molecular weight excluding hydrogens is 277 g/mol. The fourth-order valence-electron chi connectivity index (χ4n) is 1.45. The van der Waals surface area contributed by atoms with E-state index in [0.29, 0.717) is 11.4 Å². The van der Waals surface area contributed by atoms with E-state index in [1.54, 1.807) is 6.07 Å². The molecule has 0 aliphatic heterocycles. The SMILES string of the molecule is CCC[C@@H](O)[C@@H](N)c1cc(Br)ccc1Cl. The summed E-state index contributed by atoms with van der Waals surface area (Å²) in [5, 5.41) is 10.4. The number of hydrogen-bond acceptors (Lipinski definition) is 2. The number of hydrogen-bond donors (Lipinski definition) is 2. The van der Waals surface area contributed by atoms with E-state index in [-0.39, 0.29) is 0 Å². The van der Waals surface area contributed by atoms with Crippen molar-refractivity contribution < 1.29 is 5.11 Å². The predicted molar refractivity (Wildman–Crippen MR) is 67.0 cm³/mol. The summed E-state index contributed by atoms with van der Waals surface area (Å²) in [5.74, 6) is 0. The van der Waals surface area contributed by atoms with E-state index < -0.39 is 12.1 Å². The molecule has 84 valence electrons.